The lowest BCUT2D eigenvalue weighted by Gasteiger charge is -2.32. The largest absolute Gasteiger partial charge is 0.326 e. The van der Waals surface area contributed by atoms with E-state index in [0.717, 1.165) is 75.6 Å². The van der Waals surface area contributed by atoms with Gasteiger partial charge in [0.1, 0.15) is 11.6 Å². The summed E-state index contributed by atoms with van der Waals surface area (Å²) in [4.78, 5) is 15.3. The van der Waals surface area contributed by atoms with E-state index in [1.807, 2.05) is 12.1 Å². The molecule has 4 heterocycles. The summed E-state index contributed by atoms with van der Waals surface area (Å²) < 4.78 is 2.30. The van der Waals surface area contributed by atoms with Crippen molar-refractivity contribution < 1.29 is 4.79 Å². The molecule has 28 heavy (non-hydrogen) atoms. The molecule has 1 N–H and O–H groups in total. The number of carbonyl (C=O) groups excluding carboxylic acids is 1. The van der Waals surface area contributed by atoms with Gasteiger partial charge in [-0.15, -0.1) is 10.2 Å². The smallest absolute Gasteiger partial charge is 0.231 e. The van der Waals surface area contributed by atoms with Crippen molar-refractivity contribution in [1.82, 2.24) is 19.7 Å². The minimum Gasteiger partial charge on any atom is -0.326 e. The quantitative estimate of drug-likeness (QED) is 0.887. The number of rotatable bonds is 4. The molecule has 6 nitrogen and oxygen atoms in total. The lowest BCUT2D eigenvalue weighted by atomic mass is 9.80. The van der Waals surface area contributed by atoms with E-state index in [0.29, 0.717) is 0 Å². The van der Waals surface area contributed by atoms with Gasteiger partial charge in [0.15, 0.2) is 0 Å². The number of aromatic nitrogens is 3. The fourth-order valence-corrected chi connectivity index (χ4v) is 5.12. The molecule has 0 saturated carbocycles. The highest BCUT2D eigenvalue weighted by molar-refractivity contribution is 5.95. The highest BCUT2D eigenvalue weighted by atomic mass is 16.2. The molecule has 3 aliphatic rings. The second kappa shape index (κ2) is 7.32. The summed E-state index contributed by atoms with van der Waals surface area (Å²) in [6, 6.07) is 8.26. The van der Waals surface area contributed by atoms with Crippen molar-refractivity contribution in [1.29, 1.82) is 0 Å². The van der Waals surface area contributed by atoms with E-state index >= 15 is 0 Å². The third-order valence-electron chi connectivity index (χ3n) is 6.80. The van der Waals surface area contributed by atoms with Crippen molar-refractivity contribution in [2.45, 2.75) is 57.9 Å². The Morgan fingerprint density at radius 1 is 1.00 bits per heavy atom. The Balaban J connectivity index is 1.25. The standard InChI is InChI=1S/C22H29N5O/c28-21(22-10-4-12-26(16-22)14-11-22)23-18-8-6-17(7-9-18)15-20-25-24-19-5-2-1-3-13-27(19)20/h6-9H,1-5,10-16H2,(H,23,28). The van der Waals surface area contributed by atoms with E-state index in [4.69, 9.17) is 0 Å². The molecule has 2 bridgehead atoms. The van der Waals surface area contributed by atoms with Crippen LogP contribution in [0.5, 0.6) is 0 Å². The predicted octanol–water partition coefficient (Wildman–Crippen LogP) is 3.02. The zero-order chi connectivity index (χ0) is 19.0. The van der Waals surface area contributed by atoms with E-state index in [-0.39, 0.29) is 11.3 Å². The van der Waals surface area contributed by atoms with Crippen molar-refractivity contribution in [2.75, 3.05) is 25.0 Å². The Morgan fingerprint density at radius 3 is 2.79 bits per heavy atom. The Labute approximate surface area is 166 Å². The van der Waals surface area contributed by atoms with Gasteiger partial charge in [-0.3, -0.25) is 4.79 Å². The van der Waals surface area contributed by atoms with Crippen LogP contribution in [0.15, 0.2) is 24.3 Å². The van der Waals surface area contributed by atoms with Crippen molar-refractivity contribution in [2.24, 2.45) is 5.41 Å². The van der Waals surface area contributed by atoms with Crippen molar-refractivity contribution in [3.63, 3.8) is 0 Å². The van der Waals surface area contributed by atoms with Crippen molar-refractivity contribution >= 4 is 11.6 Å². The van der Waals surface area contributed by atoms with E-state index in [9.17, 15) is 4.79 Å². The monoisotopic (exact) mass is 379 g/mol. The van der Waals surface area contributed by atoms with Gasteiger partial charge in [-0.05, 0) is 62.9 Å². The molecular weight excluding hydrogens is 350 g/mol. The number of nitrogens with one attached hydrogen (secondary N) is 1. The fourth-order valence-electron chi connectivity index (χ4n) is 5.12. The van der Waals surface area contributed by atoms with Crippen molar-refractivity contribution in [3.05, 3.63) is 41.5 Å². The normalized spacial score (nSPS) is 26.5. The number of benzene rings is 1. The SMILES string of the molecule is O=C(Nc1ccc(Cc2nnc3n2CCCCC3)cc1)C12CCCN(CC1)C2. The molecule has 5 rings (SSSR count). The molecule has 6 heteroatoms. The number of piperidine rings is 1. The molecule has 2 aromatic rings. The molecule has 0 aliphatic carbocycles. The number of amides is 1. The minimum absolute atomic E-state index is 0.171. The third kappa shape index (κ3) is 3.34. The maximum absolute atomic E-state index is 12.9. The summed E-state index contributed by atoms with van der Waals surface area (Å²) in [7, 11) is 0. The lowest BCUT2D eigenvalue weighted by Crippen LogP contribution is -2.42. The van der Waals surface area contributed by atoms with Gasteiger partial charge in [0.2, 0.25) is 5.91 Å². The van der Waals surface area contributed by atoms with Crippen LogP contribution in [0, 0.1) is 5.41 Å². The number of aryl methyl sites for hydroxylation is 1. The van der Waals surface area contributed by atoms with Gasteiger partial charge < -0.3 is 14.8 Å². The Hall–Kier alpha value is -2.21. The van der Waals surface area contributed by atoms with E-state index < -0.39 is 0 Å². The van der Waals surface area contributed by atoms with Gasteiger partial charge in [0, 0.05) is 31.6 Å². The summed E-state index contributed by atoms with van der Waals surface area (Å²) in [5.41, 5.74) is 1.93. The number of anilines is 1. The molecule has 2 unspecified atom stereocenters. The maximum atomic E-state index is 12.9. The molecule has 148 valence electrons. The second-order valence-electron chi connectivity index (χ2n) is 8.73. The van der Waals surface area contributed by atoms with E-state index in [2.05, 4.69) is 37.1 Å². The molecule has 1 aromatic heterocycles. The van der Waals surface area contributed by atoms with Crippen LogP contribution < -0.4 is 5.32 Å². The van der Waals surface area contributed by atoms with Crippen LogP contribution >= 0.6 is 0 Å². The van der Waals surface area contributed by atoms with Gasteiger partial charge >= 0.3 is 0 Å². The van der Waals surface area contributed by atoms with Gasteiger partial charge in [-0.25, -0.2) is 0 Å². The molecule has 0 spiro atoms. The third-order valence-corrected chi connectivity index (χ3v) is 6.80. The van der Waals surface area contributed by atoms with Crippen LogP contribution in [0.4, 0.5) is 5.69 Å². The molecule has 2 fully saturated rings. The summed E-state index contributed by atoms with van der Waals surface area (Å²) >= 11 is 0. The Morgan fingerprint density at radius 2 is 1.89 bits per heavy atom. The number of hydrogen-bond acceptors (Lipinski definition) is 4. The predicted molar refractivity (Wildman–Crippen MR) is 108 cm³/mol. The molecule has 1 amide bonds. The number of fused-ring (bicyclic) bond motifs is 3. The van der Waals surface area contributed by atoms with Gasteiger partial charge in [0.05, 0.1) is 5.41 Å². The van der Waals surface area contributed by atoms with Crippen molar-refractivity contribution in [3.8, 4) is 0 Å². The van der Waals surface area contributed by atoms with Crippen LogP contribution in [-0.4, -0.2) is 45.2 Å². The average molecular weight is 380 g/mol. The summed E-state index contributed by atoms with van der Waals surface area (Å²) in [5.74, 6) is 2.39. The number of carbonyl (C=O) groups is 1. The van der Waals surface area contributed by atoms with E-state index in [1.54, 1.807) is 0 Å². The topological polar surface area (TPSA) is 63.1 Å². The maximum Gasteiger partial charge on any atom is 0.231 e. The highest BCUT2D eigenvalue weighted by Gasteiger charge is 2.46. The summed E-state index contributed by atoms with van der Waals surface area (Å²) in [5, 5.41) is 12.0. The van der Waals surface area contributed by atoms with Gasteiger partial charge in [-0.2, -0.15) is 0 Å². The van der Waals surface area contributed by atoms with E-state index in [1.165, 1.54) is 24.8 Å². The van der Waals surface area contributed by atoms with Crippen LogP contribution in [0.25, 0.3) is 0 Å². The number of hydrogen-bond donors (Lipinski definition) is 1. The van der Waals surface area contributed by atoms with Crippen LogP contribution in [0.2, 0.25) is 0 Å². The Bertz CT molecular complexity index is 854. The van der Waals surface area contributed by atoms with Crippen LogP contribution in [0.3, 0.4) is 0 Å². The lowest BCUT2D eigenvalue weighted by molar-refractivity contribution is -0.126. The minimum atomic E-state index is -0.171. The first-order chi connectivity index (χ1) is 13.7. The second-order valence-corrected chi connectivity index (χ2v) is 8.73. The summed E-state index contributed by atoms with van der Waals surface area (Å²) in [6.07, 6.45) is 8.68. The average Bonchev–Trinajstić information content (AvgIpc) is 3.13. The first-order valence-corrected chi connectivity index (χ1v) is 10.8. The zero-order valence-electron chi connectivity index (χ0n) is 16.5. The number of nitrogens with zero attached hydrogens (tertiary/aromatic N) is 4. The molecule has 2 saturated heterocycles. The van der Waals surface area contributed by atoms with Gasteiger partial charge in [-0.1, -0.05) is 18.6 Å². The van der Waals surface area contributed by atoms with Crippen LogP contribution in [0.1, 0.15) is 55.7 Å². The first kappa shape index (κ1) is 17.9. The first-order valence-electron chi connectivity index (χ1n) is 10.8. The highest BCUT2D eigenvalue weighted by Crippen LogP contribution is 2.40. The molecule has 0 radical (unpaired) electrons. The molecule has 3 aliphatic heterocycles. The fraction of sp³-hybridized carbons (Fsp3) is 0.591. The molecule has 1 aromatic carbocycles. The molecule has 2 atom stereocenters. The summed E-state index contributed by atoms with van der Waals surface area (Å²) in [6.45, 7) is 4.17. The zero-order valence-corrected chi connectivity index (χ0v) is 16.5. The Kier molecular flexibility index (Phi) is 4.67. The molecular formula is C22H29N5O. The van der Waals surface area contributed by atoms with Crippen LogP contribution in [-0.2, 0) is 24.2 Å². The van der Waals surface area contributed by atoms with Gasteiger partial charge in [0.25, 0.3) is 0 Å².